The van der Waals surface area contributed by atoms with Gasteiger partial charge >= 0.3 is 0 Å². The quantitative estimate of drug-likeness (QED) is 0.217. The molecule has 0 spiro atoms. The number of thioether (sulfide) groups is 1. The number of hydrogen-bond donors (Lipinski definition) is 2. The fourth-order valence-corrected chi connectivity index (χ4v) is 2.71. The molecule has 8 heteroatoms. The average molecular weight is 466 g/mol. The number of hydrogen-bond acceptors (Lipinski definition) is 3. The third-order valence-electron chi connectivity index (χ3n) is 2.92. The van der Waals surface area contributed by atoms with Crippen LogP contribution in [0.5, 0.6) is 0 Å². The summed E-state index contributed by atoms with van der Waals surface area (Å²) in [5, 5.41) is 7.34. The van der Waals surface area contributed by atoms with E-state index in [9.17, 15) is 0 Å². The van der Waals surface area contributed by atoms with Gasteiger partial charge in [-0.15, -0.1) is 35.7 Å². The minimum atomic E-state index is 0. The largest absolute Gasteiger partial charge is 0.356 e. The average Bonchev–Trinajstić information content (AvgIpc) is 3.04. The molecular formula is C15H21ClIN5S. The molecule has 0 bridgehead atoms. The summed E-state index contributed by atoms with van der Waals surface area (Å²) in [6.45, 7) is 2.51. The molecule has 1 heterocycles. The van der Waals surface area contributed by atoms with Crippen LogP contribution in [0.4, 0.5) is 0 Å². The molecule has 2 N–H and O–H groups in total. The molecule has 0 saturated carbocycles. The van der Waals surface area contributed by atoms with Gasteiger partial charge in [0.1, 0.15) is 0 Å². The van der Waals surface area contributed by atoms with Gasteiger partial charge in [-0.3, -0.25) is 4.99 Å². The number of guanidine groups is 1. The molecule has 0 saturated heterocycles. The summed E-state index contributed by atoms with van der Waals surface area (Å²) in [4.78, 5) is 9.44. The predicted octanol–water partition coefficient (Wildman–Crippen LogP) is 3.11. The van der Waals surface area contributed by atoms with Crippen molar-refractivity contribution in [2.75, 3.05) is 25.9 Å². The van der Waals surface area contributed by atoms with E-state index in [0.717, 1.165) is 36.4 Å². The lowest BCUT2D eigenvalue weighted by Gasteiger charge is -2.12. The lowest BCUT2D eigenvalue weighted by Crippen LogP contribution is -2.39. The normalized spacial score (nSPS) is 11.0. The maximum Gasteiger partial charge on any atom is 0.191 e. The Morgan fingerprint density at radius 3 is 2.65 bits per heavy atom. The van der Waals surface area contributed by atoms with E-state index in [-0.39, 0.29) is 24.0 Å². The number of benzene rings is 1. The zero-order valence-corrected chi connectivity index (χ0v) is 16.8. The lowest BCUT2D eigenvalue weighted by atomic mass is 10.4. The van der Waals surface area contributed by atoms with Crippen molar-refractivity contribution in [2.24, 2.45) is 4.99 Å². The predicted molar refractivity (Wildman–Crippen MR) is 109 cm³/mol. The van der Waals surface area contributed by atoms with Gasteiger partial charge in [-0.2, -0.15) is 0 Å². The molecule has 23 heavy (non-hydrogen) atoms. The lowest BCUT2D eigenvalue weighted by molar-refractivity contribution is 0.664. The van der Waals surface area contributed by atoms with Crippen LogP contribution in [0.1, 0.15) is 0 Å². The molecule has 126 valence electrons. The number of aromatic nitrogens is 2. The summed E-state index contributed by atoms with van der Waals surface area (Å²) in [6, 6.07) is 7.89. The minimum Gasteiger partial charge on any atom is -0.356 e. The zero-order valence-electron chi connectivity index (χ0n) is 12.9. The molecule has 2 rings (SSSR count). The van der Waals surface area contributed by atoms with Crippen LogP contribution in [-0.4, -0.2) is 41.4 Å². The molecule has 0 atom stereocenters. The van der Waals surface area contributed by atoms with Crippen molar-refractivity contribution in [3.63, 3.8) is 0 Å². The molecule has 0 amide bonds. The van der Waals surface area contributed by atoms with Crippen molar-refractivity contribution in [2.45, 2.75) is 11.4 Å². The van der Waals surface area contributed by atoms with Gasteiger partial charge in [0, 0.05) is 54.7 Å². The van der Waals surface area contributed by atoms with Gasteiger partial charge in [0.15, 0.2) is 5.96 Å². The second-order valence-electron chi connectivity index (χ2n) is 4.53. The van der Waals surface area contributed by atoms with Crippen molar-refractivity contribution >= 4 is 53.3 Å². The van der Waals surface area contributed by atoms with E-state index < -0.39 is 0 Å². The maximum absolute atomic E-state index is 5.87. The van der Waals surface area contributed by atoms with Crippen LogP contribution in [-0.2, 0) is 6.54 Å². The van der Waals surface area contributed by atoms with Crippen LogP contribution in [0.2, 0.25) is 5.02 Å². The van der Waals surface area contributed by atoms with Crippen LogP contribution in [0.25, 0.3) is 0 Å². The van der Waals surface area contributed by atoms with Gasteiger partial charge < -0.3 is 15.2 Å². The molecule has 2 aromatic rings. The Labute approximate surface area is 163 Å². The topological polar surface area (TPSA) is 54.2 Å². The van der Waals surface area contributed by atoms with Crippen LogP contribution in [0, 0.1) is 0 Å². The fraction of sp³-hybridized carbons (Fsp3) is 0.333. The molecule has 1 aromatic carbocycles. The molecule has 0 radical (unpaired) electrons. The first-order valence-electron chi connectivity index (χ1n) is 7.06. The van der Waals surface area contributed by atoms with E-state index in [0.29, 0.717) is 0 Å². The third-order valence-corrected chi connectivity index (χ3v) is 4.19. The van der Waals surface area contributed by atoms with Crippen molar-refractivity contribution in [1.82, 2.24) is 20.2 Å². The van der Waals surface area contributed by atoms with E-state index in [1.807, 2.05) is 35.0 Å². The standard InChI is InChI=1S/C15H20ClN5S.HI/c1-17-15(19-7-10-21-9-6-18-12-21)20-8-11-22-14-4-2-13(16)3-5-14;/h2-6,9,12H,7-8,10-11H2,1H3,(H2,17,19,20);1H. The molecule has 0 aliphatic heterocycles. The molecule has 0 aliphatic carbocycles. The number of aliphatic imine (C=N–C) groups is 1. The Bertz CT molecular complexity index is 574. The Morgan fingerprint density at radius 1 is 1.26 bits per heavy atom. The molecule has 0 unspecified atom stereocenters. The highest BCUT2D eigenvalue weighted by Crippen LogP contribution is 2.19. The summed E-state index contributed by atoms with van der Waals surface area (Å²) in [5.41, 5.74) is 0. The van der Waals surface area contributed by atoms with Gasteiger partial charge in [0.05, 0.1) is 6.33 Å². The van der Waals surface area contributed by atoms with Crippen molar-refractivity contribution < 1.29 is 0 Å². The van der Waals surface area contributed by atoms with Crippen molar-refractivity contribution in [3.05, 3.63) is 48.0 Å². The number of halogens is 2. The molecule has 0 fully saturated rings. The summed E-state index contributed by atoms with van der Waals surface area (Å²) < 4.78 is 2.02. The summed E-state index contributed by atoms with van der Waals surface area (Å²) >= 11 is 7.65. The second kappa shape index (κ2) is 11.6. The number of nitrogens with zero attached hydrogens (tertiary/aromatic N) is 3. The smallest absolute Gasteiger partial charge is 0.191 e. The Kier molecular flexibility index (Phi) is 10.1. The Balaban J connectivity index is 0.00000264. The Hall–Kier alpha value is -0.930. The van der Waals surface area contributed by atoms with E-state index in [1.165, 1.54) is 4.90 Å². The van der Waals surface area contributed by atoms with Gasteiger partial charge in [0.25, 0.3) is 0 Å². The third kappa shape index (κ3) is 7.94. The van der Waals surface area contributed by atoms with Gasteiger partial charge in [0.2, 0.25) is 0 Å². The molecule has 0 aliphatic rings. The Morgan fingerprint density at radius 2 is 2.00 bits per heavy atom. The zero-order chi connectivity index (χ0) is 15.6. The fourth-order valence-electron chi connectivity index (χ4n) is 1.81. The second-order valence-corrected chi connectivity index (χ2v) is 6.13. The number of imidazole rings is 1. The summed E-state index contributed by atoms with van der Waals surface area (Å²) in [5.74, 6) is 1.78. The van der Waals surface area contributed by atoms with E-state index in [1.54, 1.807) is 31.3 Å². The highest BCUT2D eigenvalue weighted by molar-refractivity contribution is 14.0. The van der Waals surface area contributed by atoms with E-state index in [2.05, 4.69) is 20.6 Å². The van der Waals surface area contributed by atoms with Crippen LogP contribution in [0.15, 0.2) is 52.9 Å². The van der Waals surface area contributed by atoms with Gasteiger partial charge in [-0.25, -0.2) is 4.98 Å². The number of nitrogens with one attached hydrogen (secondary N) is 2. The highest BCUT2D eigenvalue weighted by Gasteiger charge is 1.98. The van der Waals surface area contributed by atoms with Crippen LogP contribution >= 0.6 is 47.3 Å². The van der Waals surface area contributed by atoms with Crippen molar-refractivity contribution in [3.8, 4) is 0 Å². The van der Waals surface area contributed by atoms with Gasteiger partial charge in [-0.1, -0.05) is 11.6 Å². The minimum absolute atomic E-state index is 0. The molecular weight excluding hydrogens is 445 g/mol. The highest BCUT2D eigenvalue weighted by atomic mass is 127. The SMILES string of the molecule is CN=C(NCCSc1ccc(Cl)cc1)NCCn1ccnc1.I. The summed E-state index contributed by atoms with van der Waals surface area (Å²) in [6.07, 6.45) is 5.53. The van der Waals surface area contributed by atoms with Crippen LogP contribution in [0.3, 0.4) is 0 Å². The first kappa shape index (κ1) is 20.1. The molecule has 1 aromatic heterocycles. The monoisotopic (exact) mass is 465 g/mol. The number of rotatable bonds is 7. The van der Waals surface area contributed by atoms with E-state index >= 15 is 0 Å². The first-order chi connectivity index (χ1) is 10.8. The first-order valence-corrected chi connectivity index (χ1v) is 8.43. The van der Waals surface area contributed by atoms with Crippen LogP contribution < -0.4 is 10.6 Å². The van der Waals surface area contributed by atoms with Gasteiger partial charge in [-0.05, 0) is 24.3 Å². The molecule has 5 nitrogen and oxygen atoms in total. The van der Waals surface area contributed by atoms with E-state index in [4.69, 9.17) is 11.6 Å². The maximum atomic E-state index is 5.87. The van der Waals surface area contributed by atoms with Crippen molar-refractivity contribution in [1.29, 1.82) is 0 Å². The summed E-state index contributed by atoms with van der Waals surface area (Å²) in [7, 11) is 1.78.